The van der Waals surface area contributed by atoms with Gasteiger partial charge in [0, 0.05) is 19.1 Å². The van der Waals surface area contributed by atoms with Crippen LogP contribution in [0.25, 0.3) is 0 Å². The maximum atomic E-state index is 12.4. The van der Waals surface area contributed by atoms with Gasteiger partial charge in [0.05, 0.1) is 0 Å². The van der Waals surface area contributed by atoms with Crippen LogP contribution in [0, 0.1) is 0 Å². The average molecular weight is 265 g/mol. The molecule has 2 fully saturated rings. The van der Waals surface area contributed by atoms with Crippen LogP contribution in [0.5, 0.6) is 0 Å². The lowest BCUT2D eigenvalue weighted by Crippen LogP contribution is -2.51. The smallest absolute Gasteiger partial charge is 0.243 e. The minimum Gasteiger partial charge on any atom is -0.341 e. The minimum atomic E-state index is -0.177. The van der Waals surface area contributed by atoms with Crippen LogP contribution in [0.1, 0.15) is 25.7 Å². The third-order valence-corrected chi connectivity index (χ3v) is 4.47. The van der Waals surface area contributed by atoms with Crippen molar-refractivity contribution in [3.05, 3.63) is 12.7 Å². The molecule has 4 heteroatoms. The third kappa shape index (κ3) is 3.37. The molecule has 0 spiro atoms. The summed E-state index contributed by atoms with van der Waals surface area (Å²) in [5.74, 6) is 0.208. The molecule has 0 aromatic rings. The summed E-state index contributed by atoms with van der Waals surface area (Å²) in [7, 11) is 3.86. The molecule has 0 unspecified atom stereocenters. The lowest BCUT2D eigenvalue weighted by atomic mass is 10.0. The first-order valence-electron chi connectivity index (χ1n) is 7.45. The Balaban J connectivity index is 1.85. The summed E-state index contributed by atoms with van der Waals surface area (Å²) in [5.41, 5.74) is 0. The molecule has 4 nitrogen and oxygen atoms in total. The average Bonchev–Trinajstić information content (AvgIpc) is 2.93. The summed E-state index contributed by atoms with van der Waals surface area (Å²) in [6.07, 6.45) is 6.69. The lowest BCUT2D eigenvalue weighted by Gasteiger charge is -2.38. The fourth-order valence-electron chi connectivity index (χ4n) is 3.28. The van der Waals surface area contributed by atoms with Crippen molar-refractivity contribution in [1.82, 2.24) is 14.7 Å². The van der Waals surface area contributed by atoms with Gasteiger partial charge in [-0.15, -0.1) is 6.58 Å². The SMILES string of the molecule is C=C[C@H](C(=O)N1CCC(N2CCCC2)CC1)N(C)C. The van der Waals surface area contributed by atoms with Gasteiger partial charge in [-0.25, -0.2) is 0 Å². The van der Waals surface area contributed by atoms with Gasteiger partial charge >= 0.3 is 0 Å². The molecule has 1 atom stereocenters. The fourth-order valence-corrected chi connectivity index (χ4v) is 3.28. The van der Waals surface area contributed by atoms with Crippen LogP contribution in [0.3, 0.4) is 0 Å². The monoisotopic (exact) mass is 265 g/mol. The zero-order valence-electron chi connectivity index (χ0n) is 12.3. The maximum Gasteiger partial charge on any atom is 0.243 e. The summed E-state index contributed by atoms with van der Waals surface area (Å²) in [5, 5.41) is 0. The molecular formula is C15H27N3O. The van der Waals surface area contributed by atoms with Crippen LogP contribution >= 0.6 is 0 Å². The van der Waals surface area contributed by atoms with Crippen molar-refractivity contribution in [3.8, 4) is 0 Å². The zero-order valence-corrected chi connectivity index (χ0v) is 12.3. The van der Waals surface area contributed by atoms with Crippen molar-refractivity contribution < 1.29 is 4.79 Å². The van der Waals surface area contributed by atoms with E-state index in [1.165, 1.54) is 25.9 Å². The molecule has 0 aromatic heterocycles. The van der Waals surface area contributed by atoms with E-state index in [9.17, 15) is 4.79 Å². The van der Waals surface area contributed by atoms with Crippen molar-refractivity contribution in [1.29, 1.82) is 0 Å². The number of carbonyl (C=O) groups excluding carboxylic acids is 1. The maximum absolute atomic E-state index is 12.4. The van der Waals surface area contributed by atoms with Crippen LogP contribution in [-0.2, 0) is 4.79 Å². The molecule has 2 rings (SSSR count). The standard InChI is InChI=1S/C15H27N3O/c1-4-14(16(2)3)15(19)18-11-7-13(8-12-18)17-9-5-6-10-17/h4,13-14H,1,5-12H2,2-3H3/t14-/m1/s1. The van der Waals surface area contributed by atoms with Crippen molar-refractivity contribution in [3.63, 3.8) is 0 Å². The van der Waals surface area contributed by atoms with Crippen molar-refractivity contribution >= 4 is 5.91 Å². The Kier molecular flexibility index (Phi) is 4.99. The molecule has 19 heavy (non-hydrogen) atoms. The molecule has 2 aliphatic heterocycles. The highest BCUT2D eigenvalue weighted by molar-refractivity contribution is 5.83. The highest BCUT2D eigenvalue weighted by atomic mass is 16.2. The fraction of sp³-hybridized carbons (Fsp3) is 0.800. The minimum absolute atomic E-state index is 0.177. The second kappa shape index (κ2) is 6.53. The molecule has 0 aliphatic carbocycles. The first-order chi connectivity index (χ1) is 9.13. The van der Waals surface area contributed by atoms with E-state index in [1.54, 1.807) is 6.08 Å². The summed E-state index contributed by atoms with van der Waals surface area (Å²) in [6.45, 7) is 8.09. The van der Waals surface area contributed by atoms with Crippen LogP contribution in [0.15, 0.2) is 12.7 Å². The van der Waals surface area contributed by atoms with E-state index in [4.69, 9.17) is 0 Å². The molecule has 108 valence electrons. The molecule has 0 saturated carbocycles. The normalized spacial score (nSPS) is 23.8. The van der Waals surface area contributed by atoms with E-state index in [-0.39, 0.29) is 11.9 Å². The molecule has 0 radical (unpaired) electrons. The Morgan fingerprint density at radius 3 is 2.26 bits per heavy atom. The molecule has 1 amide bonds. The number of carbonyl (C=O) groups is 1. The van der Waals surface area contributed by atoms with Crippen LogP contribution < -0.4 is 0 Å². The highest BCUT2D eigenvalue weighted by Crippen LogP contribution is 2.21. The van der Waals surface area contributed by atoms with Crippen LogP contribution in [-0.4, -0.2) is 73.0 Å². The topological polar surface area (TPSA) is 26.8 Å². The van der Waals surface area contributed by atoms with Gasteiger partial charge in [0.15, 0.2) is 0 Å². The molecule has 0 bridgehead atoms. The Hall–Kier alpha value is -0.870. The predicted molar refractivity (Wildman–Crippen MR) is 78.1 cm³/mol. The van der Waals surface area contributed by atoms with Crippen molar-refractivity contribution in [2.45, 2.75) is 37.8 Å². The van der Waals surface area contributed by atoms with Crippen LogP contribution in [0.2, 0.25) is 0 Å². The van der Waals surface area contributed by atoms with E-state index in [2.05, 4.69) is 11.5 Å². The van der Waals surface area contributed by atoms with Gasteiger partial charge in [0.1, 0.15) is 6.04 Å². The van der Waals surface area contributed by atoms with Gasteiger partial charge in [-0.1, -0.05) is 6.08 Å². The zero-order chi connectivity index (χ0) is 13.8. The number of hydrogen-bond acceptors (Lipinski definition) is 3. The number of piperidine rings is 1. The number of likely N-dealkylation sites (tertiary alicyclic amines) is 2. The van der Waals surface area contributed by atoms with Gasteiger partial charge < -0.3 is 9.80 Å². The Bertz CT molecular complexity index is 315. The van der Waals surface area contributed by atoms with Crippen molar-refractivity contribution in [2.75, 3.05) is 40.3 Å². The first kappa shape index (κ1) is 14.5. The summed E-state index contributed by atoms with van der Waals surface area (Å²) >= 11 is 0. The molecular weight excluding hydrogens is 238 g/mol. The summed E-state index contributed by atoms with van der Waals surface area (Å²) in [4.78, 5) is 19.0. The number of likely N-dealkylation sites (N-methyl/N-ethyl adjacent to an activating group) is 1. The van der Waals surface area contributed by atoms with E-state index >= 15 is 0 Å². The summed E-state index contributed by atoms with van der Waals surface area (Å²) < 4.78 is 0. The van der Waals surface area contributed by atoms with E-state index in [1.807, 2.05) is 23.9 Å². The van der Waals surface area contributed by atoms with E-state index in [0.29, 0.717) is 6.04 Å². The Labute approximate surface area is 117 Å². The van der Waals surface area contributed by atoms with Crippen LogP contribution in [0.4, 0.5) is 0 Å². The summed E-state index contributed by atoms with van der Waals surface area (Å²) in [6, 6.07) is 0.524. The largest absolute Gasteiger partial charge is 0.341 e. The predicted octanol–water partition coefficient (Wildman–Crippen LogP) is 1.19. The molecule has 2 aliphatic rings. The van der Waals surface area contributed by atoms with Gasteiger partial charge in [-0.3, -0.25) is 9.69 Å². The van der Waals surface area contributed by atoms with Gasteiger partial charge in [-0.05, 0) is 52.9 Å². The molecule has 0 N–H and O–H groups in total. The third-order valence-electron chi connectivity index (χ3n) is 4.47. The lowest BCUT2D eigenvalue weighted by molar-refractivity contribution is -0.136. The van der Waals surface area contributed by atoms with Gasteiger partial charge in [-0.2, -0.15) is 0 Å². The van der Waals surface area contributed by atoms with Crippen molar-refractivity contribution in [2.24, 2.45) is 0 Å². The quantitative estimate of drug-likeness (QED) is 0.714. The van der Waals surface area contributed by atoms with Gasteiger partial charge in [0.2, 0.25) is 5.91 Å². The number of nitrogens with zero attached hydrogens (tertiary/aromatic N) is 3. The Morgan fingerprint density at radius 1 is 1.21 bits per heavy atom. The molecule has 0 aromatic carbocycles. The molecule has 2 heterocycles. The number of rotatable bonds is 4. The Morgan fingerprint density at radius 2 is 1.79 bits per heavy atom. The highest BCUT2D eigenvalue weighted by Gasteiger charge is 2.30. The second-order valence-electron chi connectivity index (χ2n) is 5.94. The second-order valence-corrected chi connectivity index (χ2v) is 5.94. The van der Waals surface area contributed by atoms with E-state index in [0.717, 1.165) is 25.9 Å². The number of amides is 1. The van der Waals surface area contributed by atoms with E-state index < -0.39 is 0 Å². The van der Waals surface area contributed by atoms with Gasteiger partial charge in [0.25, 0.3) is 0 Å². The number of hydrogen-bond donors (Lipinski definition) is 0. The molecule has 2 saturated heterocycles. The first-order valence-corrected chi connectivity index (χ1v) is 7.45.